The first-order valence-corrected chi connectivity index (χ1v) is 7.46. The minimum absolute atomic E-state index is 0.0742. The van der Waals surface area contributed by atoms with Crippen LogP contribution in [0.5, 0.6) is 0 Å². The Hall–Kier alpha value is -2.77. The molecule has 0 amide bonds. The molecule has 2 heterocycles. The second kappa shape index (κ2) is 5.94. The summed E-state index contributed by atoms with van der Waals surface area (Å²) in [6.07, 6.45) is -1.83. The summed E-state index contributed by atoms with van der Waals surface area (Å²) in [5.74, 6) is -5.66. The van der Waals surface area contributed by atoms with Crippen LogP contribution in [-0.4, -0.2) is 23.7 Å². The number of hydrogen-bond donors (Lipinski definition) is 2. The maximum Gasteiger partial charge on any atom is 0.337 e. The zero-order chi connectivity index (χ0) is 18.5. The zero-order valence-electron chi connectivity index (χ0n) is 13.3. The fourth-order valence-electron chi connectivity index (χ4n) is 3.32. The highest BCUT2D eigenvalue weighted by molar-refractivity contribution is 6.00. The van der Waals surface area contributed by atoms with Crippen molar-refractivity contribution in [2.45, 2.75) is 25.9 Å². The summed E-state index contributed by atoms with van der Waals surface area (Å²) in [5, 5.41) is 12.3. The van der Waals surface area contributed by atoms with Gasteiger partial charge in [0.2, 0.25) is 0 Å². The third-order valence-corrected chi connectivity index (χ3v) is 4.28. The number of ether oxygens (including phenoxy) is 1. The first-order chi connectivity index (χ1) is 11.7. The molecule has 0 bridgehead atoms. The Labute approximate surface area is 140 Å². The van der Waals surface area contributed by atoms with Crippen molar-refractivity contribution in [1.29, 1.82) is 0 Å². The van der Waals surface area contributed by atoms with Gasteiger partial charge in [-0.2, -0.15) is 0 Å². The van der Waals surface area contributed by atoms with Crippen LogP contribution in [0.15, 0.2) is 34.7 Å². The lowest BCUT2D eigenvalue weighted by Gasteiger charge is -2.28. The SMILES string of the molecule is CC1=C(C(=O)O)C(c2cc(F)cc(F)c2[C@@H](C)F)C2=C(COC2=O)N1. The van der Waals surface area contributed by atoms with E-state index < -0.39 is 41.2 Å². The molecule has 0 aliphatic carbocycles. The van der Waals surface area contributed by atoms with Crippen molar-refractivity contribution in [3.8, 4) is 0 Å². The zero-order valence-corrected chi connectivity index (χ0v) is 13.3. The van der Waals surface area contributed by atoms with Crippen LogP contribution >= 0.6 is 0 Å². The molecule has 5 nitrogen and oxygen atoms in total. The van der Waals surface area contributed by atoms with Crippen molar-refractivity contribution in [2.75, 3.05) is 6.61 Å². The largest absolute Gasteiger partial charge is 0.478 e. The number of dihydropyridines is 1. The average Bonchev–Trinajstić information content (AvgIpc) is 2.85. The van der Waals surface area contributed by atoms with E-state index in [9.17, 15) is 27.9 Å². The number of benzene rings is 1. The number of nitrogens with one attached hydrogen (secondary N) is 1. The second-order valence-corrected chi connectivity index (χ2v) is 5.88. The van der Waals surface area contributed by atoms with Gasteiger partial charge in [-0.1, -0.05) is 0 Å². The lowest BCUT2D eigenvalue weighted by atomic mass is 9.78. The van der Waals surface area contributed by atoms with Crippen molar-refractivity contribution >= 4 is 11.9 Å². The number of carboxylic acids is 1. The molecule has 2 aliphatic rings. The smallest absolute Gasteiger partial charge is 0.337 e. The molecule has 0 fully saturated rings. The molecule has 1 unspecified atom stereocenters. The summed E-state index contributed by atoms with van der Waals surface area (Å²) < 4.78 is 47.0. The number of rotatable bonds is 3. The van der Waals surface area contributed by atoms with E-state index in [1.165, 1.54) is 6.92 Å². The van der Waals surface area contributed by atoms with E-state index in [1.54, 1.807) is 0 Å². The Morgan fingerprint density at radius 3 is 2.68 bits per heavy atom. The summed E-state index contributed by atoms with van der Waals surface area (Å²) in [6.45, 7) is 2.39. The topological polar surface area (TPSA) is 75.6 Å². The lowest BCUT2D eigenvalue weighted by molar-refractivity contribution is -0.136. The van der Waals surface area contributed by atoms with Crippen molar-refractivity contribution in [1.82, 2.24) is 5.32 Å². The monoisotopic (exact) mass is 353 g/mol. The van der Waals surface area contributed by atoms with Gasteiger partial charge in [0, 0.05) is 17.3 Å². The molecule has 25 heavy (non-hydrogen) atoms. The van der Waals surface area contributed by atoms with Crippen LogP contribution < -0.4 is 5.32 Å². The Morgan fingerprint density at radius 1 is 1.40 bits per heavy atom. The number of carboxylic acid groups (broad SMARTS) is 1. The molecule has 0 aromatic heterocycles. The third kappa shape index (κ3) is 2.67. The molecule has 1 aromatic carbocycles. The highest BCUT2D eigenvalue weighted by atomic mass is 19.1. The van der Waals surface area contributed by atoms with E-state index in [1.807, 2.05) is 0 Å². The first kappa shape index (κ1) is 17.1. The molecule has 1 aromatic rings. The summed E-state index contributed by atoms with van der Waals surface area (Å²) in [5.41, 5.74) is -0.584. The van der Waals surface area contributed by atoms with Crippen molar-refractivity contribution in [3.63, 3.8) is 0 Å². The summed E-state index contributed by atoms with van der Waals surface area (Å²) in [4.78, 5) is 23.8. The predicted molar refractivity (Wildman–Crippen MR) is 80.1 cm³/mol. The minimum Gasteiger partial charge on any atom is -0.478 e. The number of esters is 1. The van der Waals surface area contributed by atoms with Gasteiger partial charge in [-0.15, -0.1) is 0 Å². The van der Waals surface area contributed by atoms with Crippen LogP contribution in [0.25, 0.3) is 0 Å². The van der Waals surface area contributed by atoms with Crippen LogP contribution in [0, 0.1) is 11.6 Å². The van der Waals surface area contributed by atoms with Crippen LogP contribution in [0.2, 0.25) is 0 Å². The second-order valence-electron chi connectivity index (χ2n) is 5.88. The van der Waals surface area contributed by atoms with Gasteiger partial charge >= 0.3 is 11.9 Å². The lowest BCUT2D eigenvalue weighted by Crippen LogP contribution is -2.30. The Kier molecular flexibility index (Phi) is 4.06. The molecular formula is C17H14F3NO4. The van der Waals surface area contributed by atoms with Gasteiger partial charge in [-0.3, -0.25) is 0 Å². The summed E-state index contributed by atoms with van der Waals surface area (Å²) >= 11 is 0. The fraction of sp³-hybridized carbons (Fsp3) is 0.294. The molecule has 2 N–H and O–H groups in total. The minimum atomic E-state index is -1.83. The van der Waals surface area contributed by atoms with Gasteiger partial charge in [0.25, 0.3) is 0 Å². The van der Waals surface area contributed by atoms with Gasteiger partial charge in [-0.25, -0.2) is 22.8 Å². The van der Waals surface area contributed by atoms with Crippen LogP contribution in [0.1, 0.15) is 37.1 Å². The van der Waals surface area contributed by atoms with E-state index >= 15 is 0 Å². The maximum atomic E-state index is 14.2. The normalized spacial score (nSPS) is 21.0. The number of aliphatic carboxylic acids is 1. The molecule has 132 valence electrons. The van der Waals surface area contributed by atoms with Crippen molar-refractivity contribution < 1.29 is 32.6 Å². The Balaban J connectivity index is 2.33. The van der Waals surface area contributed by atoms with E-state index in [2.05, 4.69) is 5.32 Å². The number of carbonyl (C=O) groups is 2. The molecule has 2 aliphatic heterocycles. The highest BCUT2D eigenvalue weighted by Crippen LogP contribution is 2.44. The summed E-state index contributed by atoms with van der Waals surface area (Å²) in [6, 6.07) is 1.38. The quantitative estimate of drug-likeness (QED) is 0.818. The highest BCUT2D eigenvalue weighted by Gasteiger charge is 2.43. The number of allylic oxidation sites excluding steroid dienone is 1. The van der Waals surface area contributed by atoms with Gasteiger partial charge in [0.15, 0.2) is 0 Å². The van der Waals surface area contributed by atoms with Crippen LogP contribution in [-0.2, 0) is 14.3 Å². The predicted octanol–water partition coefficient (Wildman–Crippen LogP) is 2.85. The molecule has 0 radical (unpaired) electrons. The number of alkyl halides is 1. The molecule has 0 saturated carbocycles. The molecule has 3 rings (SSSR count). The average molecular weight is 353 g/mol. The molecular weight excluding hydrogens is 339 g/mol. The summed E-state index contributed by atoms with van der Waals surface area (Å²) in [7, 11) is 0. The number of hydrogen-bond acceptors (Lipinski definition) is 4. The van der Waals surface area contributed by atoms with Gasteiger partial charge in [-0.05, 0) is 25.5 Å². The van der Waals surface area contributed by atoms with Gasteiger partial charge in [0.1, 0.15) is 24.4 Å². The van der Waals surface area contributed by atoms with Crippen molar-refractivity contribution in [3.05, 3.63) is 57.4 Å². The standard InChI is InChI=1S/C17H14F3NO4/c1-6(18)12-9(3-8(19)4-10(12)20)14-13(16(22)23)7(2)21-11-5-25-17(24)15(11)14/h3-4,6,14,21H,5H2,1-2H3,(H,22,23)/t6-,14?/m1/s1. The number of halogens is 3. The van der Waals surface area contributed by atoms with Crippen LogP contribution in [0.3, 0.4) is 0 Å². The molecule has 8 heteroatoms. The van der Waals surface area contributed by atoms with E-state index in [-0.39, 0.29) is 29.0 Å². The molecule has 2 atom stereocenters. The fourth-order valence-corrected chi connectivity index (χ4v) is 3.32. The first-order valence-electron chi connectivity index (χ1n) is 7.46. The van der Waals surface area contributed by atoms with Gasteiger partial charge < -0.3 is 15.2 Å². The number of cyclic esters (lactones) is 1. The Bertz CT molecular complexity index is 856. The molecule has 0 saturated heterocycles. The number of carbonyl (C=O) groups excluding carboxylic acids is 1. The van der Waals surface area contributed by atoms with Crippen molar-refractivity contribution in [2.24, 2.45) is 0 Å². The Morgan fingerprint density at radius 2 is 2.08 bits per heavy atom. The maximum absolute atomic E-state index is 14.2. The van der Waals surface area contributed by atoms with Gasteiger partial charge in [0.05, 0.1) is 22.8 Å². The van der Waals surface area contributed by atoms with E-state index in [4.69, 9.17) is 4.74 Å². The van der Waals surface area contributed by atoms with E-state index in [0.29, 0.717) is 11.8 Å². The van der Waals surface area contributed by atoms with E-state index in [0.717, 1.165) is 13.0 Å². The third-order valence-electron chi connectivity index (χ3n) is 4.28. The van der Waals surface area contributed by atoms with Crippen LogP contribution in [0.4, 0.5) is 13.2 Å². The molecule has 0 spiro atoms.